The summed E-state index contributed by atoms with van der Waals surface area (Å²) in [7, 11) is 1.66. The van der Waals surface area contributed by atoms with Gasteiger partial charge in [-0.2, -0.15) is 0 Å². The molecular weight excluding hydrogens is 388 g/mol. The number of piperidine rings is 1. The van der Waals surface area contributed by atoms with Gasteiger partial charge in [-0.25, -0.2) is 0 Å². The minimum absolute atomic E-state index is 0.259. The summed E-state index contributed by atoms with van der Waals surface area (Å²) >= 11 is 0. The van der Waals surface area contributed by atoms with Gasteiger partial charge >= 0.3 is 0 Å². The van der Waals surface area contributed by atoms with Crippen molar-refractivity contribution in [2.45, 2.75) is 50.4 Å². The summed E-state index contributed by atoms with van der Waals surface area (Å²) in [5.74, 6) is 1.48. The number of benzene rings is 2. The molecule has 1 aliphatic carbocycles. The SMILES string of the molecule is COc1ccc(C2(C(=O)N3CCC(Cc4ccc(CCC(N)=O)cc4)CC3)CC2)cc1. The number of ether oxygens (including phenoxy) is 1. The third-order valence-electron chi connectivity index (χ3n) is 6.91. The molecule has 164 valence electrons. The van der Waals surface area contributed by atoms with E-state index in [1.165, 1.54) is 5.56 Å². The molecule has 1 saturated carbocycles. The summed E-state index contributed by atoms with van der Waals surface area (Å²) in [6, 6.07) is 16.5. The quantitative estimate of drug-likeness (QED) is 0.709. The minimum atomic E-state index is -0.306. The number of nitrogens with zero attached hydrogens (tertiary/aromatic N) is 1. The molecule has 0 atom stereocenters. The maximum Gasteiger partial charge on any atom is 0.233 e. The molecule has 5 nitrogen and oxygen atoms in total. The maximum absolute atomic E-state index is 13.3. The molecule has 1 aliphatic heterocycles. The van der Waals surface area contributed by atoms with Crippen LogP contribution in [0.4, 0.5) is 0 Å². The number of hydrogen-bond acceptors (Lipinski definition) is 3. The molecule has 31 heavy (non-hydrogen) atoms. The van der Waals surface area contributed by atoms with E-state index in [0.29, 0.717) is 24.7 Å². The molecule has 4 rings (SSSR count). The number of hydrogen-bond donors (Lipinski definition) is 1. The van der Waals surface area contributed by atoms with Gasteiger partial charge in [-0.3, -0.25) is 9.59 Å². The van der Waals surface area contributed by atoms with Crippen LogP contribution in [0.15, 0.2) is 48.5 Å². The van der Waals surface area contributed by atoms with E-state index in [-0.39, 0.29) is 11.3 Å². The van der Waals surface area contributed by atoms with Gasteiger partial charge in [0.05, 0.1) is 12.5 Å². The van der Waals surface area contributed by atoms with Crippen molar-refractivity contribution in [3.8, 4) is 5.75 Å². The summed E-state index contributed by atoms with van der Waals surface area (Å²) in [6.45, 7) is 1.69. The van der Waals surface area contributed by atoms with E-state index >= 15 is 0 Å². The monoisotopic (exact) mass is 420 g/mol. The van der Waals surface area contributed by atoms with Crippen LogP contribution in [0.1, 0.15) is 48.8 Å². The highest BCUT2D eigenvalue weighted by molar-refractivity contribution is 5.91. The number of primary amides is 1. The van der Waals surface area contributed by atoms with Gasteiger partial charge in [-0.15, -0.1) is 0 Å². The Morgan fingerprint density at radius 1 is 1.00 bits per heavy atom. The smallest absolute Gasteiger partial charge is 0.233 e. The van der Waals surface area contributed by atoms with Crippen LogP contribution in [0, 0.1) is 5.92 Å². The van der Waals surface area contributed by atoms with Gasteiger partial charge in [0.2, 0.25) is 11.8 Å². The number of likely N-dealkylation sites (tertiary alicyclic amines) is 1. The maximum atomic E-state index is 13.3. The third kappa shape index (κ3) is 4.92. The summed E-state index contributed by atoms with van der Waals surface area (Å²) < 4.78 is 5.25. The van der Waals surface area contributed by atoms with E-state index in [2.05, 4.69) is 29.2 Å². The van der Waals surface area contributed by atoms with E-state index in [9.17, 15) is 9.59 Å². The Morgan fingerprint density at radius 3 is 2.16 bits per heavy atom. The van der Waals surface area contributed by atoms with Crippen molar-refractivity contribution in [3.05, 3.63) is 65.2 Å². The highest BCUT2D eigenvalue weighted by Crippen LogP contribution is 2.50. The zero-order valence-corrected chi connectivity index (χ0v) is 18.3. The Morgan fingerprint density at radius 2 is 1.61 bits per heavy atom. The molecule has 1 heterocycles. The fraction of sp³-hybridized carbons (Fsp3) is 0.462. The molecule has 2 aliphatic rings. The van der Waals surface area contributed by atoms with Gasteiger partial charge in [-0.1, -0.05) is 36.4 Å². The molecule has 0 radical (unpaired) electrons. The Kier molecular flexibility index (Phi) is 6.30. The highest BCUT2D eigenvalue weighted by atomic mass is 16.5. The summed E-state index contributed by atoms with van der Waals surface area (Å²) in [5.41, 5.74) is 8.52. The van der Waals surface area contributed by atoms with Gasteiger partial charge in [0.25, 0.3) is 0 Å². The second kappa shape index (κ2) is 9.13. The Labute approximate surface area is 184 Å². The van der Waals surface area contributed by atoms with Crippen molar-refractivity contribution < 1.29 is 14.3 Å². The largest absolute Gasteiger partial charge is 0.497 e. The first-order chi connectivity index (χ1) is 15.0. The summed E-state index contributed by atoms with van der Waals surface area (Å²) in [4.78, 5) is 26.3. The van der Waals surface area contributed by atoms with E-state index in [0.717, 1.165) is 62.1 Å². The Balaban J connectivity index is 1.29. The zero-order chi connectivity index (χ0) is 21.8. The number of carbonyl (C=O) groups is 2. The Bertz CT molecular complexity index is 909. The van der Waals surface area contributed by atoms with E-state index in [1.54, 1.807) is 7.11 Å². The first-order valence-corrected chi connectivity index (χ1v) is 11.3. The van der Waals surface area contributed by atoms with Crippen molar-refractivity contribution in [2.75, 3.05) is 20.2 Å². The van der Waals surface area contributed by atoms with Gasteiger partial charge in [0.15, 0.2) is 0 Å². The van der Waals surface area contributed by atoms with Crippen LogP contribution in [0.5, 0.6) is 5.75 Å². The van der Waals surface area contributed by atoms with Crippen molar-refractivity contribution in [1.29, 1.82) is 0 Å². The van der Waals surface area contributed by atoms with Gasteiger partial charge in [0, 0.05) is 19.5 Å². The van der Waals surface area contributed by atoms with E-state index in [4.69, 9.17) is 10.5 Å². The van der Waals surface area contributed by atoms with Crippen LogP contribution in [0.2, 0.25) is 0 Å². The van der Waals surface area contributed by atoms with Crippen LogP contribution in [0.3, 0.4) is 0 Å². The fourth-order valence-electron chi connectivity index (χ4n) is 4.75. The molecule has 5 heteroatoms. The number of rotatable bonds is 8. The highest BCUT2D eigenvalue weighted by Gasteiger charge is 2.53. The second-order valence-electron chi connectivity index (χ2n) is 9.03. The average molecular weight is 421 g/mol. The topological polar surface area (TPSA) is 72.6 Å². The molecule has 2 aromatic rings. The van der Waals surface area contributed by atoms with Crippen LogP contribution < -0.4 is 10.5 Å². The molecule has 2 fully saturated rings. The third-order valence-corrected chi connectivity index (χ3v) is 6.91. The van der Waals surface area contributed by atoms with Crippen LogP contribution in [0.25, 0.3) is 0 Å². The van der Waals surface area contributed by atoms with Crippen molar-refractivity contribution in [3.63, 3.8) is 0 Å². The molecule has 1 saturated heterocycles. The lowest BCUT2D eigenvalue weighted by Gasteiger charge is -2.34. The first-order valence-electron chi connectivity index (χ1n) is 11.3. The van der Waals surface area contributed by atoms with E-state index < -0.39 is 0 Å². The molecule has 0 bridgehead atoms. The van der Waals surface area contributed by atoms with Crippen LogP contribution in [-0.2, 0) is 27.8 Å². The second-order valence-corrected chi connectivity index (χ2v) is 9.03. The molecule has 0 aromatic heterocycles. The lowest BCUT2D eigenvalue weighted by atomic mass is 9.88. The molecule has 2 aromatic carbocycles. The Hall–Kier alpha value is -2.82. The molecule has 0 unspecified atom stereocenters. The standard InChI is InChI=1S/C26H32N2O3/c1-31-23-9-7-22(8-10-23)26(14-15-26)25(30)28-16-12-21(13-17-28)18-20-4-2-19(3-5-20)6-11-24(27)29/h2-5,7-10,21H,6,11-18H2,1H3,(H2,27,29). The number of aryl methyl sites for hydroxylation is 1. The number of amides is 2. The molecule has 2 amide bonds. The molecular formula is C26H32N2O3. The number of methoxy groups -OCH3 is 1. The molecule has 0 spiro atoms. The predicted octanol–water partition coefficient (Wildman–Crippen LogP) is 3.63. The van der Waals surface area contributed by atoms with E-state index in [1.807, 2.05) is 24.3 Å². The first kappa shape index (κ1) is 21.4. The van der Waals surface area contributed by atoms with Crippen molar-refractivity contribution in [1.82, 2.24) is 4.90 Å². The van der Waals surface area contributed by atoms with Crippen LogP contribution in [-0.4, -0.2) is 36.9 Å². The molecule has 2 N–H and O–H groups in total. The van der Waals surface area contributed by atoms with Gasteiger partial charge in [-0.05, 0) is 73.3 Å². The predicted molar refractivity (Wildman–Crippen MR) is 121 cm³/mol. The van der Waals surface area contributed by atoms with Crippen LogP contribution >= 0.6 is 0 Å². The van der Waals surface area contributed by atoms with Crippen molar-refractivity contribution in [2.24, 2.45) is 11.7 Å². The lowest BCUT2D eigenvalue weighted by Crippen LogP contribution is -2.44. The average Bonchev–Trinajstić information content (AvgIpc) is 3.61. The fourth-order valence-corrected chi connectivity index (χ4v) is 4.75. The number of nitrogens with two attached hydrogens (primary N) is 1. The summed E-state index contributed by atoms with van der Waals surface area (Å²) in [5, 5.41) is 0. The normalized spacial score (nSPS) is 17.9. The zero-order valence-electron chi connectivity index (χ0n) is 18.3. The van der Waals surface area contributed by atoms with Crippen molar-refractivity contribution >= 4 is 11.8 Å². The summed E-state index contributed by atoms with van der Waals surface area (Å²) in [6.07, 6.45) is 6.12. The minimum Gasteiger partial charge on any atom is -0.497 e. The number of carbonyl (C=O) groups excluding carboxylic acids is 2. The van der Waals surface area contributed by atoms with Gasteiger partial charge < -0.3 is 15.4 Å². The lowest BCUT2D eigenvalue weighted by molar-refractivity contribution is -0.135. The van der Waals surface area contributed by atoms with Gasteiger partial charge in [0.1, 0.15) is 5.75 Å².